The zero-order valence-electron chi connectivity index (χ0n) is 21.3. The third kappa shape index (κ3) is 5.86. The van der Waals surface area contributed by atoms with E-state index in [4.69, 9.17) is 4.74 Å². The van der Waals surface area contributed by atoms with Crippen molar-refractivity contribution < 1.29 is 23.9 Å². The number of benzene rings is 4. The molecule has 2 heterocycles. The second-order valence-electron chi connectivity index (χ2n) is 8.93. The molecule has 4 aromatic carbocycles. The Hall–Kier alpha value is -4.86. The third-order valence-corrected chi connectivity index (χ3v) is 8.19. The zero-order chi connectivity index (χ0) is 28.3. The van der Waals surface area contributed by atoms with Crippen LogP contribution in [0.25, 0.3) is 0 Å². The van der Waals surface area contributed by atoms with E-state index in [9.17, 15) is 19.2 Å². The van der Waals surface area contributed by atoms with Gasteiger partial charge >= 0.3 is 0 Å². The first-order chi connectivity index (χ1) is 19.9. The van der Waals surface area contributed by atoms with E-state index in [1.54, 1.807) is 47.8 Å². The van der Waals surface area contributed by atoms with Crippen molar-refractivity contribution in [2.45, 2.75) is 19.6 Å². The van der Waals surface area contributed by atoms with Crippen LogP contribution in [0, 0.1) is 0 Å². The summed E-state index contributed by atoms with van der Waals surface area (Å²) >= 11 is 3.13. The highest BCUT2D eigenvalue weighted by molar-refractivity contribution is 7.99. The van der Waals surface area contributed by atoms with Crippen molar-refractivity contribution >= 4 is 58.5 Å². The SMILES string of the molecule is O=C1C=CC(=O)N1c1ccc(Sc2ccc(Oc3ccc(Sc4ccc(N5C(=O)C=CC5=O)cc4)cc3)cc2)cc1. The maximum atomic E-state index is 11.9. The molecule has 200 valence electrons. The van der Waals surface area contributed by atoms with Crippen molar-refractivity contribution in [1.29, 1.82) is 0 Å². The van der Waals surface area contributed by atoms with E-state index in [-0.39, 0.29) is 23.6 Å². The van der Waals surface area contributed by atoms with Crippen LogP contribution in [0.2, 0.25) is 0 Å². The third-order valence-electron chi connectivity index (χ3n) is 6.16. The number of anilines is 2. The van der Waals surface area contributed by atoms with Crippen molar-refractivity contribution in [3.63, 3.8) is 0 Å². The number of imide groups is 2. The van der Waals surface area contributed by atoms with E-state index in [1.807, 2.05) is 72.8 Å². The molecule has 0 unspecified atom stereocenters. The summed E-state index contributed by atoms with van der Waals surface area (Å²) in [5, 5.41) is 0. The summed E-state index contributed by atoms with van der Waals surface area (Å²) < 4.78 is 6.01. The predicted molar refractivity (Wildman–Crippen MR) is 157 cm³/mol. The summed E-state index contributed by atoms with van der Waals surface area (Å²) in [6.45, 7) is 0. The quantitative estimate of drug-likeness (QED) is 0.218. The van der Waals surface area contributed by atoms with Gasteiger partial charge in [0.1, 0.15) is 11.5 Å². The molecular formula is C32H20N2O5S2. The summed E-state index contributed by atoms with van der Waals surface area (Å²) in [5.41, 5.74) is 1.09. The lowest BCUT2D eigenvalue weighted by Gasteiger charge is -2.14. The maximum absolute atomic E-state index is 11.9. The van der Waals surface area contributed by atoms with E-state index in [0.29, 0.717) is 22.9 Å². The van der Waals surface area contributed by atoms with Gasteiger partial charge in [0.2, 0.25) is 0 Å². The molecule has 0 N–H and O–H groups in total. The second kappa shape index (κ2) is 11.3. The van der Waals surface area contributed by atoms with Gasteiger partial charge in [-0.25, -0.2) is 9.80 Å². The second-order valence-corrected chi connectivity index (χ2v) is 11.2. The highest BCUT2D eigenvalue weighted by Gasteiger charge is 2.25. The van der Waals surface area contributed by atoms with E-state index >= 15 is 0 Å². The first kappa shape index (κ1) is 26.4. The molecule has 6 rings (SSSR count). The topological polar surface area (TPSA) is 84.0 Å². The minimum atomic E-state index is -0.334. The molecule has 0 saturated carbocycles. The molecule has 4 aromatic rings. The van der Waals surface area contributed by atoms with Gasteiger partial charge in [-0.1, -0.05) is 23.5 Å². The van der Waals surface area contributed by atoms with Crippen LogP contribution >= 0.6 is 23.5 Å². The van der Waals surface area contributed by atoms with Crippen LogP contribution in [0.4, 0.5) is 11.4 Å². The number of rotatable bonds is 8. The van der Waals surface area contributed by atoms with Crippen molar-refractivity contribution in [3.8, 4) is 11.5 Å². The summed E-state index contributed by atoms with van der Waals surface area (Å²) in [4.78, 5) is 53.7. The smallest absolute Gasteiger partial charge is 0.258 e. The van der Waals surface area contributed by atoms with Gasteiger partial charge in [-0.05, 0) is 97.1 Å². The average molecular weight is 577 g/mol. The Morgan fingerprint density at radius 2 is 0.659 bits per heavy atom. The minimum absolute atomic E-state index is 0.334. The molecule has 0 saturated heterocycles. The molecule has 0 aliphatic carbocycles. The molecule has 0 spiro atoms. The fourth-order valence-electron chi connectivity index (χ4n) is 4.20. The number of nitrogens with zero attached hydrogens (tertiary/aromatic N) is 2. The Labute approximate surface area is 244 Å². The van der Waals surface area contributed by atoms with Gasteiger partial charge in [0.25, 0.3) is 23.6 Å². The van der Waals surface area contributed by atoms with Gasteiger partial charge in [0.15, 0.2) is 0 Å². The van der Waals surface area contributed by atoms with Crippen LogP contribution in [-0.4, -0.2) is 23.6 Å². The summed E-state index contributed by atoms with van der Waals surface area (Å²) in [7, 11) is 0. The van der Waals surface area contributed by atoms with Crippen molar-refractivity contribution in [2.75, 3.05) is 9.80 Å². The molecule has 0 aromatic heterocycles. The maximum Gasteiger partial charge on any atom is 0.258 e. The van der Waals surface area contributed by atoms with Crippen molar-refractivity contribution in [1.82, 2.24) is 0 Å². The minimum Gasteiger partial charge on any atom is -0.457 e. The van der Waals surface area contributed by atoms with Crippen LogP contribution in [-0.2, 0) is 19.2 Å². The Balaban J connectivity index is 1.03. The molecule has 0 radical (unpaired) electrons. The largest absolute Gasteiger partial charge is 0.457 e. The predicted octanol–water partition coefficient (Wildman–Crippen LogP) is 6.64. The van der Waals surface area contributed by atoms with Gasteiger partial charge in [0.05, 0.1) is 11.4 Å². The van der Waals surface area contributed by atoms with Gasteiger partial charge in [-0.15, -0.1) is 0 Å². The lowest BCUT2D eigenvalue weighted by Crippen LogP contribution is -2.29. The van der Waals surface area contributed by atoms with Gasteiger partial charge in [-0.2, -0.15) is 0 Å². The zero-order valence-corrected chi connectivity index (χ0v) is 22.9. The highest BCUT2D eigenvalue weighted by atomic mass is 32.2. The molecule has 9 heteroatoms. The number of amides is 4. The molecule has 2 aliphatic rings. The molecule has 7 nitrogen and oxygen atoms in total. The summed E-state index contributed by atoms with van der Waals surface area (Å²) in [5.74, 6) is 0.0806. The van der Waals surface area contributed by atoms with Gasteiger partial charge < -0.3 is 4.74 Å². The van der Waals surface area contributed by atoms with E-state index < -0.39 is 0 Å². The molecule has 0 bridgehead atoms. The standard InChI is InChI=1S/C32H20N2O5S2/c35-29-17-18-30(36)33(29)21-1-9-25(10-2-21)40-27-13-5-23(6-14-27)39-24-7-15-28(16-8-24)41-26-11-3-22(4-12-26)34-31(37)19-20-32(34)38/h1-20H. The van der Waals surface area contributed by atoms with Crippen LogP contribution in [0.3, 0.4) is 0 Å². The Morgan fingerprint density at radius 1 is 0.390 bits per heavy atom. The molecule has 41 heavy (non-hydrogen) atoms. The number of carbonyl (C=O) groups is 4. The number of hydrogen-bond acceptors (Lipinski definition) is 7. The average Bonchev–Trinajstić information content (AvgIpc) is 3.50. The number of carbonyl (C=O) groups excluding carboxylic acids is 4. The van der Waals surface area contributed by atoms with E-state index in [1.165, 1.54) is 24.3 Å². The lowest BCUT2D eigenvalue weighted by atomic mass is 10.3. The van der Waals surface area contributed by atoms with Crippen LogP contribution in [0.15, 0.2) is 141 Å². The molecule has 0 atom stereocenters. The Morgan fingerprint density at radius 3 is 0.951 bits per heavy atom. The lowest BCUT2D eigenvalue weighted by molar-refractivity contribution is -0.121. The van der Waals surface area contributed by atoms with Crippen molar-refractivity contribution in [2.24, 2.45) is 0 Å². The van der Waals surface area contributed by atoms with E-state index in [2.05, 4.69) is 0 Å². The van der Waals surface area contributed by atoms with Crippen LogP contribution in [0.1, 0.15) is 0 Å². The normalized spacial score (nSPS) is 14.4. The van der Waals surface area contributed by atoms with Gasteiger partial charge in [-0.3, -0.25) is 19.2 Å². The Bertz CT molecular complexity index is 1550. The van der Waals surface area contributed by atoms with Gasteiger partial charge in [0, 0.05) is 43.9 Å². The monoisotopic (exact) mass is 576 g/mol. The fraction of sp³-hybridized carbons (Fsp3) is 0. The molecular weight excluding hydrogens is 556 g/mol. The molecule has 0 fully saturated rings. The molecule has 4 amide bonds. The van der Waals surface area contributed by atoms with Crippen LogP contribution < -0.4 is 14.5 Å². The van der Waals surface area contributed by atoms with E-state index in [0.717, 1.165) is 29.4 Å². The molecule has 2 aliphatic heterocycles. The number of hydrogen-bond donors (Lipinski definition) is 0. The summed E-state index contributed by atoms with van der Waals surface area (Å²) in [6, 6.07) is 30.0. The first-order valence-electron chi connectivity index (χ1n) is 12.5. The Kier molecular flexibility index (Phi) is 7.28. The first-order valence-corrected chi connectivity index (χ1v) is 14.1. The van der Waals surface area contributed by atoms with Crippen molar-refractivity contribution in [3.05, 3.63) is 121 Å². The highest BCUT2D eigenvalue weighted by Crippen LogP contribution is 2.34. The number of ether oxygens (including phenoxy) is 1. The fourth-order valence-corrected chi connectivity index (χ4v) is 5.83. The summed E-state index contributed by atoms with van der Waals surface area (Å²) in [6.07, 6.45) is 5.08. The van der Waals surface area contributed by atoms with Crippen LogP contribution in [0.5, 0.6) is 11.5 Å².